The Labute approximate surface area is 144 Å². The lowest BCUT2D eigenvalue weighted by atomic mass is 10.2. The van der Waals surface area contributed by atoms with Crippen molar-refractivity contribution in [1.82, 2.24) is 0 Å². The molecule has 0 radical (unpaired) electrons. The van der Waals surface area contributed by atoms with Gasteiger partial charge in [-0.05, 0) is 30.3 Å². The van der Waals surface area contributed by atoms with Crippen LogP contribution in [0.5, 0.6) is 11.5 Å². The van der Waals surface area contributed by atoms with Crippen molar-refractivity contribution in [1.29, 1.82) is 0 Å². The summed E-state index contributed by atoms with van der Waals surface area (Å²) in [5.74, 6) is 0.827. The van der Waals surface area contributed by atoms with E-state index < -0.39 is 0 Å². The minimum absolute atomic E-state index is 0.295. The Morgan fingerprint density at radius 2 is 1.91 bits per heavy atom. The summed E-state index contributed by atoms with van der Waals surface area (Å²) in [6, 6.07) is 10.3. The molecular formula is C17H15Cl2NO3. The lowest BCUT2D eigenvalue weighted by molar-refractivity contribution is -0.111. The van der Waals surface area contributed by atoms with Gasteiger partial charge in [-0.25, -0.2) is 0 Å². The Hall–Kier alpha value is -2.17. The molecule has 0 aromatic heterocycles. The number of hydrogen-bond donors (Lipinski definition) is 1. The smallest absolute Gasteiger partial charge is 0.248 e. The molecule has 120 valence electrons. The fraction of sp³-hybridized carbons (Fsp3) is 0.118. The summed E-state index contributed by atoms with van der Waals surface area (Å²) < 4.78 is 10.3. The highest BCUT2D eigenvalue weighted by molar-refractivity contribution is 6.36. The van der Waals surface area contributed by atoms with Crippen molar-refractivity contribution in [2.75, 3.05) is 19.5 Å². The molecule has 4 nitrogen and oxygen atoms in total. The van der Waals surface area contributed by atoms with E-state index in [-0.39, 0.29) is 5.91 Å². The molecular weight excluding hydrogens is 337 g/mol. The molecule has 23 heavy (non-hydrogen) atoms. The number of carbonyl (C=O) groups is 1. The third kappa shape index (κ3) is 4.65. The molecule has 0 bridgehead atoms. The highest BCUT2D eigenvalue weighted by Crippen LogP contribution is 2.33. The predicted octanol–water partition coefficient (Wildman–Crippen LogP) is 4.66. The van der Waals surface area contributed by atoms with Crippen LogP contribution < -0.4 is 14.8 Å². The van der Waals surface area contributed by atoms with E-state index in [2.05, 4.69) is 5.32 Å². The summed E-state index contributed by atoms with van der Waals surface area (Å²) in [5.41, 5.74) is 1.25. The predicted molar refractivity (Wildman–Crippen MR) is 93.7 cm³/mol. The topological polar surface area (TPSA) is 47.6 Å². The first-order chi connectivity index (χ1) is 11.0. The van der Waals surface area contributed by atoms with Gasteiger partial charge in [0.15, 0.2) is 0 Å². The minimum atomic E-state index is -0.295. The molecule has 0 saturated heterocycles. The normalized spacial score (nSPS) is 10.6. The molecule has 0 aliphatic heterocycles. The van der Waals surface area contributed by atoms with Gasteiger partial charge in [0.05, 0.1) is 19.2 Å². The highest BCUT2D eigenvalue weighted by Gasteiger charge is 2.08. The van der Waals surface area contributed by atoms with Gasteiger partial charge in [-0.1, -0.05) is 29.3 Å². The van der Waals surface area contributed by atoms with E-state index in [0.29, 0.717) is 32.8 Å². The van der Waals surface area contributed by atoms with E-state index >= 15 is 0 Å². The van der Waals surface area contributed by atoms with E-state index in [1.165, 1.54) is 13.2 Å². The van der Waals surface area contributed by atoms with Crippen LogP contribution >= 0.6 is 23.2 Å². The molecule has 0 aliphatic carbocycles. The number of nitrogens with one attached hydrogen (secondary N) is 1. The summed E-state index contributed by atoms with van der Waals surface area (Å²) in [6.45, 7) is 0. The summed E-state index contributed by atoms with van der Waals surface area (Å²) in [4.78, 5) is 12.0. The number of carbonyl (C=O) groups excluding carboxylic acids is 1. The monoisotopic (exact) mass is 351 g/mol. The van der Waals surface area contributed by atoms with Gasteiger partial charge in [-0.3, -0.25) is 4.79 Å². The molecule has 0 unspecified atom stereocenters. The van der Waals surface area contributed by atoms with Crippen molar-refractivity contribution in [2.24, 2.45) is 0 Å². The van der Waals surface area contributed by atoms with Crippen LogP contribution in [0.4, 0.5) is 5.69 Å². The van der Waals surface area contributed by atoms with Gasteiger partial charge in [0.25, 0.3) is 0 Å². The third-order valence-corrected chi connectivity index (χ3v) is 3.49. The second-order valence-corrected chi connectivity index (χ2v) is 5.41. The van der Waals surface area contributed by atoms with Crippen molar-refractivity contribution in [2.45, 2.75) is 0 Å². The zero-order valence-corrected chi connectivity index (χ0v) is 14.1. The largest absolute Gasteiger partial charge is 0.497 e. The summed E-state index contributed by atoms with van der Waals surface area (Å²) in [5, 5.41) is 3.59. The lowest BCUT2D eigenvalue weighted by Crippen LogP contribution is -2.07. The average molecular weight is 352 g/mol. The number of methoxy groups -OCH3 is 2. The van der Waals surface area contributed by atoms with Gasteiger partial charge in [-0.15, -0.1) is 0 Å². The Balaban J connectivity index is 2.15. The summed E-state index contributed by atoms with van der Waals surface area (Å²) in [6.07, 6.45) is 2.97. The quantitative estimate of drug-likeness (QED) is 0.796. The number of anilines is 1. The molecule has 0 fully saturated rings. The molecule has 1 amide bonds. The van der Waals surface area contributed by atoms with Crippen LogP contribution in [0.2, 0.25) is 10.0 Å². The molecule has 0 heterocycles. The van der Waals surface area contributed by atoms with Crippen molar-refractivity contribution in [3.05, 3.63) is 58.1 Å². The summed E-state index contributed by atoms with van der Waals surface area (Å²) >= 11 is 12.0. The lowest BCUT2D eigenvalue weighted by Gasteiger charge is -2.08. The van der Waals surface area contributed by atoms with Crippen LogP contribution in [0.1, 0.15) is 5.56 Å². The van der Waals surface area contributed by atoms with E-state index in [1.54, 1.807) is 49.6 Å². The van der Waals surface area contributed by atoms with Gasteiger partial charge in [0.1, 0.15) is 11.5 Å². The van der Waals surface area contributed by atoms with E-state index in [9.17, 15) is 4.79 Å². The van der Waals surface area contributed by atoms with E-state index in [1.807, 2.05) is 0 Å². The molecule has 0 spiro atoms. The molecule has 6 heteroatoms. The molecule has 0 atom stereocenters. The number of amides is 1. The Morgan fingerprint density at radius 3 is 2.61 bits per heavy atom. The molecule has 0 saturated carbocycles. The van der Waals surface area contributed by atoms with E-state index in [4.69, 9.17) is 32.7 Å². The minimum Gasteiger partial charge on any atom is -0.497 e. The second kappa shape index (κ2) is 7.90. The average Bonchev–Trinajstić information content (AvgIpc) is 2.52. The van der Waals surface area contributed by atoms with Crippen LogP contribution in [0.25, 0.3) is 6.08 Å². The Morgan fingerprint density at radius 1 is 1.13 bits per heavy atom. The molecule has 2 aromatic carbocycles. The number of rotatable bonds is 5. The first-order valence-corrected chi connectivity index (χ1v) is 7.45. The number of hydrogen-bond acceptors (Lipinski definition) is 3. The zero-order valence-electron chi connectivity index (χ0n) is 12.6. The number of benzene rings is 2. The van der Waals surface area contributed by atoms with Crippen molar-refractivity contribution < 1.29 is 14.3 Å². The first kappa shape index (κ1) is 17.2. The second-order valence-electron chi connectivity index (χ2n) is 4.56. The van der Waals surface area contributed by atoms with Crippen LogP contribution in [0.15, 0.2) is 42.5 Å². The van der Waals surface area contributed by atoms with Gasteiger partial charge in [0, 0.05) is 28.4 Å². The molecule has 2 aromatic rings. The van der Waals surface area contributed by atoms with Gasteiger partial charge < -0.3 is 14.8 Å². The first-order valence-electron chi connectivity index (χ1n) is 6.69. The molecule has 1 N–H and O–H groups in total. The van der Waals surface area contributed by atoms with Crippen molar-refractivity contribution in [3.8, 4) is 11.5 Å². The number of ether oxygens (including phenoxy) is 2. The van der Waals surface area contributed by atoms with Crippen LogP contribution in [0, 0.1) is 0 Å². The Kier molecular flexibility index (Phi) is 5.90. The standard InChI is InChI=1S/C17H15Cl2NO3/c1-22-14-5-3-4-13(10-14)20-16(21)7-6-11-8-12(18)9-15(19)17(11)23-2/h3-10H,1-2H3,(H,20,21). The van der Waals surface area contributed by atoms with Gasteiger partial charge in [0.2, 0.25) is 5.91 Å². The fourth-order valence-electron chi connectivity index (χ4n) is 1.97. The zero-order chi connectivity index (χ0) is 16.8. The molecule has 0 aliphatic rings. The maximum absolute atomic E-state index is 12.0. The SMILES string of the molecule is COc1cccc(NC(=O)C=Cc2cc(Cl)cc(Cl)c2OC)c1. The Bertz CT molecular complexity index is 745. The van der Waals surface area contributed by atoms with Crippen LogP contribution in [-0.4, -0.2) is 20.1 Å². The van der Waals surface area contributed by atoms with Crippen LogP contribution in [0.3, 0.4) is 0 Å². The van der Waals surface area contributed by atoms with Gasteiger partial charge in [-0.2, -0.15) is 0 Å². The fourth-order valence-corrected chi connectivity index (χ4v) is 2.56. The highest BCUT2D eigenvalue weighted by atomic mass is 35.5. The molecule has 2 rings (SSSR count). The van der Waals surface area contributed by atoms with Gasteiger partial charge >= 0.3 is 0 Å². The summed E-state index contributed by atoms with van der Waals surface area (Å²) in [7, 11) is 3.07. The van der Waals surface area contributed by atoms with Crippen molar-refractivity contribution in [3.63, 3.8) is 0 Å². The number of halogens is 2. The third-order valence-electron chi connectivity index (χ3n) is 2.99. The maximum Gasteiger partial charge on any atom is 0.248 e. The van der Waals surface area contributed by atoms with Crippen LogP contribution in [-0.2, 0) is 4.79 Å². The van der Waals surface area contributed by atoms with E-state index in [0.717, 1.165) is 0 Å². The van der Waals surface area contributed by atoms with Crippen molar-refractivity contribution >= 4 is 40.9 Å². The maximum atomic E-state index is 12.0.